The molecule has 1 atom stereocenters. The highest BCUT2D eigenvalue weighted by atomic mass is 16.4. The molecule has 0 N–H and O–H groups in total. The smallest absolute Gasteiger partial charge is 0.291 e. The number of anilines is 1. The van der Waals surface area contributed by atoms with E-state index in [-0.39, 0.29) is 11.8 Å². The fraction of sp³-hybridized carbons (Fsp3) is 0.440. The molecule has 0 unspecified atom stereocenters. The number of hydrogen-bond donors (Lipinski definition) is 0. The summed E-state index contributed by atoms with van der Waals surface area (Å²) in [7, 11) is 0. The highest BCUT2D eigenvalue weighted by Crippen LogP contribution is 2.33. The normalized spacial score (nSPS) is 18.2. The van der Waals surface area contributed by atoms with Crippen LogP contribution >= 0.6 is 0 Å². The average molecular weight is 432 g/mol. The van der Waals surface area contributed by atoms with Gasteiger partial charge in [-0.05, 0) is 38.7 Å². The Morgan fingerprint density at radius 1 is 1.06 bits per heavy atom. The van der Waals surface area contributed by atoms with Crippen molar-refractivity contribution < 1.29 is 9.21 Å². The lowest BCUT2D eigenvalue weighted by Gasteiger charge is -2.31. The number of carbonyl (C=O) groups is 1. The molecular weight excluding hydrogens is 402 g/mol. The van der Waals surface area contributed by atoms with E-state index in [1.54, 1.807) is 6.92 Å². The molecule has 32 heavy (non-hydrogen) atoms. The van der Waals surface area contributed by atoms with Gasteiger partial charge in [0.1, 0.15) is 11.6 Å². The SMILES string of the molecule is Cc1nc(C)c(C(=O)N2CC[C@H](c3nc(C)c4c(n3)N(Cc3ccccc3)CCC4)C2)o1. The molecule has 1 saturated heterocycles. The van der Waals surface area contributed by atoms with Gasteiger partial charge in [0.15, 0.2) is 5.89 Å². The van der Waals surface area contributed by atoms with Crippen LogP contribution in [0.2, 0.25) is 0 Å². The third-order valence-electron chi connectivity index (χ3n) is 6.52. The second-order valence-corrected chi connectivity index (χ2v) is 8.86. The third-order valence-corrected chi connectivity index (χ3v) is 6.52. The maximum absolute atomic E-state index is 13.0. The number of nitrogens with zero attached hydrogens (tertiary/aromatic N) is 5. The van der Waals surface area contributed by atoms with Crippen LogP contribution < -0.4 is 4.90 Å². The lowest BCUT2D eigenvalue weighted by molar-refractivity contribution is 0.0756. The summed E-state index contributed by atoms with van der Waals surface area (Å²) in [6.07, 6.45) is 2.99. The second kappa shape index (κ2) is 8.37. The molecule has 0 bridgehead atoms. The van der Waals surface area contributed by atoms with Gasteiger partial charge in [-0.3, -0.25) is 4.79 Å². The van der Waals surface area contributed by atoms with Gasteiger partial charge in [-0.2, -0.15) is 0 Å². The Morgan fingerprint density at radius 2 is 1.88 bits per heavy atom. The van der Waals surface area contributed by atoms with Crippen molar-refractivity contribution in [2.24, 2.45) is 0 Å². The second-order valence-electron chi connectivity index (χ2n) is 8.86. The molecule has 1 aromatic carbocycles. The van der Waals surface area contributed by atoms with Crippen molar-refractivity contribution in [3.63, 3.8) is 0 Å². The minimum Gasteiger partial charge on any atom is -0.436 e. The number of aromatic nitrogens is 3. The zero-order valence-corrected chi connectivity index (χ0v) is 19.0. The summed E-state index contributed by atoms with van der Waals surface area (Å²) in [6, 6.07) is 10.5. The molecule has 7 heteroatoms. The molecular formula is C25H29N5O2. The van der Waals surface area contributed by atoms with Gasteiger partial charge >= 0.3 is 0 Å². The van der Waals surface area contributed by atoms with E-state index < -0.39 is 0 Å². The summed E-state index contributed by atoms with van der Waals surface area (Å²) in [6.45, 7) is 8.80. The van der Waals surface area contributed by atoms with Crippen LogP contribution in [0, 0.1) is 20.8 Å². The summed E-state index contributed by atoms with van der Waals surface area (Å²) in [5.74, 6) is 2.82. The lowest BCUT2D eigenvalue weighted by Crippen LogP contribution is -2.32. The van der Waals surface area contributed by atoms with E-state index in [1.807, 2.05) is 17.9 Å². The predicted molar refractivity (Wildman–Crippen MR) is 122 cm³/mol. The first-order valence-electron chi connectivity index (χ1n) is 11.4. The summed E-state index contributed by atoms with van der Waals surface area (Å²) >= 11 is 0. The number of oxazole rings is 1. The molecule has 2 aromatic heterocycles. The first-order valence-corrected chi connectivity index (χ1v) is 11.4. The van der Waals surface area contributed by atoms with Gasteiger partial charge in [-0.25, -0.2) is 15.0 Å². The Bertz CT molecular complexity index is 1140. The Kier molecular flexibility index (Phi) is 5.41. The van der Waals surface area contributed by atoms with Crippen molar-refractivity contribution in [3.8, 4) is 0 Å². The minimum atomic E-state index is -0.0917. The van der Waals surface area contributed by atoms with Crippen LogP contribution in [0.25, 0.3) is 0 Å². The van der Waals surface area contributed by atoms with Gasteiger partial charge in [0.05, 0.1) is 5.69 Å². The Morgan fingerprint density at radius 3 is 2.62 bits per heavy atom. The number of amides is 1. The fourth-order valence-electron chi connectivity index (χ4n) is 4.88. The van der Waals surface area contributed by atoms with Crippen molar-refractivity contribution in [3.05, 3.63) is 70.3 Å². The average Bonchev–Trinajstić information content (AvgIpc) is 3.41. The van der Waals surface area contributed by atoms with Crippen LogP contribution in [-0.2, 0) is 13.0 Å². The molecule has 1 fully saturated rings. The standard InChI is InChI=1S/C25H29N5O2/c1-16-21-10-7-12-29(14-19-8-5-4-6-9-19)24(21)28-23(27-16)20-11-13-30(15-20)25(31)22-17(2)26-18(3)32-22/h4-6,8-9,20H,7,10-15H2,1-3H3/t20-/m0/s1. The fourth-order valence-corrected chi connectivity index (χ4v) is 4.88. The van der Waals surface area contributed by atoms with Crippen LogP contribution in [0.5, 0.6) is 0 Å². The Hall–Kier alpha value is -3.22. The molecule has 5 rings (SSSR count). The number of benzene rings is 1. The van der Waals surface area contributed by atoms with E-state index in [4.69, 9.17) is 14.4 Å². The van der Waals surface area contributed by atoms with Crippen LogP contribution in [-0.4, -0.2) is 45.4 Å². The van der Waals surface area contributed by atoms with Crippen LogP contribution in [0.15, 0.2) is 34.7 Å². The molecule has 0 spiro atoms. The minimum absolute atomic E-state index is 0.0917. The van der Waals surface area contributed by atoms with Gasteiger partial charge in [-0.15, -0.1) is 0 Å². The Labute approximate surface area is 188 Å². The van der Waals surface area contributed by atoms with Crippen LogP contribution in [0.3, 0.4) is 0 Å². The molecule has 0 saturated carbocycles. The van der Waals surface area contributed by atoms with Gasteiger partial charge < -0.3 is 14.2 Å². The summed E-state index contributed by atoms with van der Waals surface area (Å²) in [4.78, 5) is 31.4. The summed E-state index contributed by atoms with van der Waals surface area (Å²) in [5, 5.41) is 0. The Balaban J connectivity index is 1.38. The lowest BCUT2D eigenvalue weighted by atomic mass is 10.0. The predicted octanol–water partition coefficient (Wildman–Crippen LogP) is 3.97. The van der Waals surface area contributed by atoms with Crippen molar-refractivity contribution in [2.45, 2.75) is 52.5 Å². The maximum atomic E-state index is 13.0. The van der Waals surface area contributed by atoms with Crippen LogP contribution in [0.4, 0.5) is 5.82 Å². The number of hydrogen-bond acceptors (Lipinski definition) is 6. The monoisotopic (exact) mass is 431 g/mol. The third kappa shape index (κ3) is 3.87. The van der Waals surface area contributed by atoms with Gasteiger partial charge in [-0.1, -0.05) is 30.3 Å². The summed E-state index contributed by atoms with van der Waals surface area (Å²) < 4.78 is 5.55. The highest BCUT2D eigenvalue weighted by molar-refractivity contribution is 5.92. The zero-order valence-electron chi connectivity index (χ0n) is 19.0. The largest absolute Gasteiger partial charge is 0.436 e. The number of fused-ring (bicyclic) bond motifs is 1. The molecule has 7 nitrogen and oxygen atoms in total. The molecule has 2 aliphatic heterocycles. The van der Waals surface area contributed by atoms with Gasteiger partial charge in [0.2, 0.25) is 5.76 Å². The quantitative estimate of drug-likeness (QED) is 0.622. The van der Waals surface area contributed by atoms with Gasteiger partial charge in [0, 0.05) is 50.3 Å². The van der Waals surface area contributed by atoms with E-state index in [0.29, 0.717) is 30.4 Å². The van der Waals surface area contributed by atoms with E-state index in [2.05, 4.69) is 41.1 Å². The molecule has 3 aromatic rings. The highest BCUT2D eigenvalue weighted by Gasteiger charge is 2.33. The number of carbonyl (C=O) groups excluding carboxylic acids is 1. The summed E-state index contributed by atoms with van der Waals surface area (Å²) in [5.41, 5.74) is 4.26. The number of aryl methyl sites for hydroxylation is 3. The van der Waals surface area contributed by atoms with Crippen LogP contribution in [0.1, 0.15) is 63.5 Å². The van der Waals surface area contributed by atoms with E-state index in [1.165, 1.54) is 11.1 Å². The van der Waals surface area contributed by atoms with Crippen molar-refractivity contribution >= 4 is 11.7 Å². The zero-order chi connectivity index (χ0) is 22.2. The van der Waals surface area contributed by atoms with Crippen molar-refractivity contribution in [1.29, 1.82) is 0 Å². The van der Waals surface area contributed by atoms with E-state index in [9.17, 15) is 4.79 Å². The number of rotatable bonds is 4. The van der Waals surface area contributed by atoms with Crippen molar-refractivity contribution in [1.82, 2.24) is 19.9 Å². The molecule has 166 valence electrons. The molecule has 0 radical (unpaired) electrons. The first kappa shape index (κ1) is 20.7. The van der Waals surface area contributed by atoms with Gasteiger partial charge in [0.25, 0.3) is 5.91 Å². The molecule has 2 aliphatic rings. The number of likely N-dealkylation sites (tertiary alicyclic amines) is 1. The molecule has 4 heterocycles. The van der Waals surface area contributed by atoms with Crippen molar-refractivity contribution in [2.75, 3.05) is 24.5 Å². The molecule has 0 aliphatic carbocycles. The van der Waals surface area contributed by atoms with E-state index in [0.717, 1.165) is 49.7 Å². The van der Waals surface area contributed by atoms with E-state index >= 15 is 0 Å². The first-order chi connectivity index (χ1) is 15.5. The molecule has 1 amide bonds. The maximum Gasteiger partial charge on any atom is 0.291 e. The topological polar surface area (TPSA) is 75.4 Å².